The molecule has 122 valence electrons. The predicted molar refractivity (Wildman–Crippen MR) is 97.8 cm³/mol. The summed E-state index contributed by atoms with van der Waals surface area (Å²) in [5.74, 6) is 0.694. The van der Waals surface area contributed by atoms with E-state index in [1.807, 2.05) is 54.6 Å². The summed E-state index contributed by atoms with van der Waals surface area (Å²) in [7, 11) is 0. The predicted octanol–water partition coefficient (Wildman–Crippen LogP) is 2.67. The van der Waals surface area contributed by atoms with E-state index >= 15 is 0 Å². The number of thioether (sulfide) groups is 1. The van der Waals surface area contributed by atoms with Crippen molar-refractivity contribution in [2.75, 3.05) is 23.8 Å². The first-order chi connectivity index (χ1) is 11.8. The van der Waals surface area contributed by atoms with Crippen LogP contribution in [0, 0.1) is 0 Å². The molecule has 0 saturated carbocycles. The van der Waals surface area contributed by atoms with E-state index in [9.17, 15) is 9.90 Å². The molecule has 4 nitrogen and oxygen atoms in total. The number of anilines is 1. The molecule has 1 amide bonds. The number of hydrogen-bond donors (Lipinski definition) is 1. The third-order valence-corrected chi connectivity index (χ3v) is 5.61. The second kappa shape index (κ2) is 6.42. The van der Waals surface area contributed by atoms with Gasteiger partial charge in [0, 0.05) is 29.5 Å². The average molecular weight is 338 g/mol. The lowest BCUT2D eigenvalue weighted by Gasteiger charge is -2.20. The molecule has 0 spiro atoms. The molecule has 24 heavy (non-hydrogen) atoms. The lowest BCUT2D eigenvalue weighted by Crippen LogP contribution is -2.38. The summed E-state index contributed by atoms with van der Waals surface area (Å²) in [6.45, 7) is 0.588. The number of aliphatic hydroxyl groups excluding tert-OH is 1. The number of aliphatic hydroxyl groups is 1. The highest BCUT2D eigenvalue weighted by atomic mass is 32.2. The zero-order chi connectivity index (χ0) is 16.5. The highest BCUT2D eigenvalue weighted by molar-refractivity contribution is 8.14. The van der Waals surface area contributed by atoms with Crippen LogP contribution < -0.4 is 4.90 Å². The number of carbonyl (C=O) groups is 1. The van der Waals surface area contributed by atoms with Crippen molar-refractivity contribution < 1.29 is 9.90 Å². The summed E-state index contributed by atoms with van der Waals surface area (Å²) < 4.78 is 0. The van der Waals surface area contributed by atoms with Gasteiger partial charge in [0.15, 0.2) is 0 Å². The van der Waals surface area contributed by atoms with Gasteiger partial charge in [0.05, 0.1) is 11.7 Å². The second-order valence-corrected chi connectivity index (χ2v) is 7.02. The quantitative estimate of drug-likeness (QED) is 0.936. The van der Waals surface area contributed by atoms with Crippen LogP contribution in [-0.4, -0.2) is 41.0 Å². The van der Waals surface area contributed by atoms with Gasteiger partial charge in [-0.2, -0.15) is 0 Å². The summed E-state index contributed by atoms with van der Waals surface area (Å²) in [6, 6.07) is 17.5. The Hall–Kier alpha value is -2.11. The van der Waals surface area contributed by atoms with Crippen LogP contribution in [0.4, 0.5) is 5.69 Å². The normalized spacial score (nSPS) is 22.4. The van der Waals surface area contributed by atoms with Crippen molar-refractivity contribution in [1.82, 2.24) is 0 Å². The minimum Gasteiger partial charge on any atom is -0.396 e. The molecule has 5 heteroatoms. The van der Waals surface area contributed by atoms with Crippen molar-refractivity contribution in [3.05, 3.63) is 65.7 Å². The maximum absolute atomic E-state index is 13.0. The van der Waals surface area contributed by atoms with Crippen LogP contribution in [0.15, 0.2) is 59.6 Å². The van der Waals surface area contributed by atoms with Crippen LogP contribution in [0.2, 0.25) is 0 Å². The van der Waals surface area contributed by atoms with E-state index in [1.54, 1.807) is 16.7 Å². The van der Waals surface area contributed by atoms with Crippen LogP contribution >= 0.6 is 11.8 Å². The topological polar surface area (TPSA) is 52.9 Å². The Labute approximate surface area is 145 Å². The number of rotatable bonds is 3. The van der Waals surface area contributed by atoms with Crippen molar-refractivity contribution in [1.29, 1.82) is 0 Å². The molecule has 2 aliphatic rings. The van der Waals surface area contributed by atoms with Crippen molar-refractivity contribution >= 4 is 28.4 Å². The van der Waals surface area contributed by atoms with Crippen LogP contribution in [0.1, 0.15) is 17.0 Å². The van der Waals surface area contributed by atoms with Gasteiger partial charge in [-0.05, 0) is 11.6 Å². The Bertz CT molecular complexity index is 791. The highest BCUT2D eigenvalue weighted by Gasteiger charge is 2.36. The summed E-state index contributed by atoms with van der Waals surface area (Å²) in [5.41, 5.74) is 3.02. The van der Waals surface area contributed by atoms with Gasteiger partial charge in [0.2, 0.25) is 0 Å². The van der Waals surface area contributed by atoms with E-state index in [4.69, 9.17) is 0 Å². The van der Waals surface area contributed by atoms with E-state index in [1.165, 1.54) is 0 Å². The number of carbonyl (C=O) groups excluding carboxylic acids is 1. The lowest BCUT2D eigenvalue weighted by molar-refractivity contribution is -0.119. The molecular weight excluding hydrogens is 320 g/mol. The maximum atomic E-state index is 13.0. The fraction of sp³-hybridized carbons (Fsp3) is 0.263. The molecule has 2 aromatic carbocycles. The number of hydrogen-bond acceptors (Lipinski definition) is 4. The van der Waals surface area contributed by atoms with Crippen molar-refractivity contribution in [2.45, 2.75) is 12.0 Å². The number of nitrogens with zero attached hydrogens (tertiary/aromatic N) is 2. The Morgan fingerprint density at radius 1 is 1.17 bits per heavy atom. The molecule has 2 aliphatic heterocycles. The SMILES string of the molecule is O=C([C@@H]1CSC(c2ccccc2)=N1)N1CC(CO)c2ccccc21. The van der Waals surface area contributed by atoms with Crippen molar-refractivity contribution in [3.63, 3.8) is 0 Å². The number of amides is 1. The zero-order valence-corrected chi connectivity index (χ0v) is 13.9. The Morgan fingerprint density at radius 2 is 1.92 bits per heavy atom. The molecule has 1 unspecified atom stereocenters. The average Bonchev–Trinajstić information content (AvgIpc) is 3.27. The van der Waals surface area contributed by atoms with Crippen LogP contribution in [0.5, 0.6) is 0 Å². The summed E-state index contributed by atoms with van der Waals surface area (Å²) in [4.78, 5) is 19.4. The summed E-state index contributed by atoms with van der Waals surface area (Å²) in [6.07, 6.45) is 0. The third-order valence-electron chi connectivity index (χ3n) is 4.51. The van der Waals surface area contributed by atoms with Gasteiger partial charge in [-0.3, -0.25) is 9.79 Å². The van der Waals surface area contributed by atoms with E-state index in [2.05, 4.69) is 4.99 Å². The van der Waals surface area contributed by atoms with Gasteiger partial charge in [-0.25, -0.2) is 0 Å². The first-order valence-electron chi connectivity index (χ1n) is 8.05. The van der Waals surface area contributed by atoms with Crippen LogP contribution in [0.3, 0.4) is 0 Å². The summed E-state index contributed by atoms with van der Waals surface area (Å²) in [5, 5.41) is 10.5. The molecule has 0 aromatic heterocycles. The molecule has 2 aromatic rings. The lowest BCUT2D eigenvalue weighted by atomic mass is 10.0. The minimum absolute atomic E-state index is 0.00298. The van der Waals surface area contributed by atoms with Crippen LogP contribution in [0.25, 0.3) is 0 Å². The number of aliphatic imine (C=N–C) groups is 1. The van der Waals surface area contributed by atoms with Gasteiger partial charge in [0.1, 0.15) is 6.04 Å². The van der Waals surface area contributed by atoms with Gasteiger partial charge in [-0.15, -0.1) is 11.8 Å². The van der Waals surface area contributed by atoms with Crippen molar-refractivity contribution in [2.24, 2.45) is 4.99 Å². The Balaban J connectivity index is 1.58. The first kappa shape index (κ1) is 15.4. The van der Waals surface area contributed by atoms with Gasteiger partial charge in [0.25, 0.3) is 5.91 Å². The molecule has 4 rings (SSSR count). The Morgan fingerprint density at radius 3 is 2.71 bits per heavy atom. The smallest absolute Gasteiger partial charge is 0.252 e. The fourth-order valence-corrected chi connectivity index (χ4v) is 4.32. The van der Waals surface area contributed by atoms with E-state index in [-0.39, 0.29) is 24.5 Å². The number of benzene rings is 2. The van der Waals surface area contributed by atoms with E-state index in [0.29, 0.717) is 12.3 Å². The molecular formula is C19H18N2O2S. The maximum Gasteiger partial charge on any atom is 0.252 e. The van der Waals surface area contributed by atoms with Crippen LogP contribution in [-0.2, 0) is 4.79 Å². The van der Waals surface area contributed by atoms with E-state index < -0.39 is 0 Å². The second-order valence-electron chi connectivity index (χ2n) is 6.01. The molecule has 0 bridgehead atoms. The zero-order valence-electron chi connectivity index (χ0n) is 13.1. The van der Waals surface area contributed by atoms with Crippen molar-refractivity contribution in [3.8, 4) is 0 Å². The van der Waals surface area contributed by atoms with Gasteiger partial charge < -0.3 is 10.0 Å². The highest BCUT2D eigenvalue weighted by Crippen LogP contribution is 2.37. The largest absolute Gasteiger partial charge is 0.396 e. The molecule has 0 saturated heterocycles. The van der Waals surface area contributed by atoms with Gasteiger partial charge >= 0.3 is 0 Å². The molecule has 1 N–H and O–H groups in total. The monoisotopic (exact) mass is 338 g/mol. The molecule has 0 radical (unpaired) electrons. The third kappa shape index (κ3) is 2.64. The minimum atomic E-state index is -0.351. The first-order valence-corrected chi connectivity index (χ1v) is 9.03. The molecule has 2 atom stereocenters. The molecule has 0 aliphatic carbocycles. The molecule has 2 heterocycles. The molecule has 0 fully saturated rings. The number of para-hydroxylation sites is 1. The fourth-order valence-electron chi connectivity index (χ4n) is 3.28. The van der Waals surface area contributed by atoms with E-state index in [0.717, 1.165) is 21.9 Å². The summed E-state index contributed by atoms with van der Waals surface area (Å²) >= 11 is 1.63. The van der Waals surface area contributed by atoms with Gasteiger partial charge in [-0.1, -0.05) is 48.5 Å². The standard InChI is InChI=1S/C19H18N2O2S/c22-11-14-10-21(17-9-5-4-8-15(14)17)19(23)16-12-24-18(20-16)13-6-2-1-3-7-13/h1-9,14,16,22H,10-12H2/t14?,16-/m0/s1. The Kier molecular flexibility index (Phi) is 4.12. The number of fused-ring (bicyclic) bond motifs is 1.